The van der Waals surface area contributed by atoms with Crippen LogP contribution in [0.2, 0.25) is 0 Å². The van der Waals surface area contributed by atoms with Crippen LogP contribution in [0, 0.1) is 0 Å². The first-order valence-electron chi connectivity index (χ1n) is 12.3. The SMILES string of the molecule is COc1ccc(S(=O)(=O)N2CC(C(=O)N(C)C3CCN(C)CC3)c3ccccc32)cc1OC.O=C(O)C(F)(F)F. The number of piperidine rings is 1. The number of anilines is 1. The summed E-state index contributed by atoms with van der Waals surface area (Å²) in [5, 5.41) is 7.12. The molecular formula is C26H32F3N3O7S. The first-order valence-corrected chi connectivity index (χ1v) is 13.7. The molecule has 2 aromatic rings. The van der Waals surface area contributed by atoms with E-state index < -0.39 is 28.1 Å². The molecule has 1 amide bonds. The summed E-state index contributed by atoms with van der Waals surface area (Å²) in [7, 11) is 2.98. The van der Waals surface area contributed by atoms with Gasteiger partial charge in [-0.2, -0.15) is 13.2 Å². The van der Waals surface area contributed by atoms with E-state index in [1.807, 2.05) is 24.1 Å². The fourth-order valence-corrected chi connectivity index (χ4v) is 6.24. The maximum absolute atomic E-state index is 13.6. The average Bonchev–Trinajstić information content (AvgIpc) is 3.32. The number of methoxy groups -OCH3 is 2. The highest BCUT2D eigenvalue weighted by Crippen LogP contribution is 2.41. The van der Waals surface area contributed by atoms with Gasteiger partial charge in [0.25, 0.3) is 10.0 Å². The lowest BCUT2D eigenvalue weighted by Crippen LogP contribution is -2.46. The molecule has 0 spiro atoms. The van der Waals surface area contributed by atoms with Gasteiger partial charge in [0, 0.05) is 19.2 Å². The maximum atomic E-state index is 13.6. The van der Waals surface area contributed by atoms with Gasteiger partial charge in [0.05, 0.1) is 37.3 Å². The van der Waals surface area contributed by atoms with Crippen LogP contribution in [0.1, 0.15) is 24.3 Å². The molecule has 1 saturated heterocycles. The van der Waals surface area contributed by atoms with Crippen molar-refractivity contribution < 1.29 is 45.8 Å². The Kier molecular flexibility index (Phi) is 9.56. The van der Waals surface area contributed by atoms with Crippen LogP contribution in [0.15, 0.2) is 47.4 Å². The van der Waals surface area contributed by atoms with Crippen molar-refractivity contribution in [2.24, 2.45) is 0 Å². The van der Waals surface area contributed by atoms with Gasteiger partial charge >= 0.3 is 12.1 Å². The second kappa shape index (κ2) is 12.3. The number of para-hydroxylation sites is 1. The summed E-state index contributed by atoms with van der Waals surface area (Å²) in [5.41, 5.74) is 1.29. The van der Waals surface area contributed by atoms with E-state index in [9.17, 15) is 26.4 Å². The number of carboxylic acid groups (broad SMARTS) is 1. The largest absolute Gasteiger partial charge is 0.493 e. The number of rotatable bonds is 6. The van der Waals surface area contributed by atoms with Gasteiger partial charge in [-0.3, -0.25) is 9.10 Å². The molecule has 2 aliphatic rings. The van der Waals surface area contributed by atoms with E-state index in [2.05, 4.69) is 11.9 Å². The molecule has 1 unspecified atom stereocenters. The minimum Gasteiger partial charge on any atom is -0.493 e. The molecule has 220 valence electrons. The highest BCUT2D eigenvalue weighted by molar-refractivity contribution is 7.92. The zero-order chi connectivity index (χ0) is 29.8. The zero-order valence-corrected chi connectivity index (χ0v) is 23.3. The van der Waals surface area contributed by atoms with Crippen LogP contribution >= 0.6 is 0 Å². The van der Waals surface area contributed by atoms with Gasteiger partial charge in [-0.25, -0.2) is 13.2 Å². The van der Waals surface area contributed by atoms with Crippen molar-refractivity contribution in [1.82, 2.24) is 9.80 Å². The van der Waals surface area contributed by atoms with E-state index in [0.717, 1.165) is 31.5 Å². The highest BCUT2D eigenvalue weighted by atomic mass is 32.2. The van der Waals surface area contributed by atoms with Crippen LogP contribution in [0.3, 0.4) is 0 Å². The maximum Gasteiger partial charge on any atom is 0.490 e. The van der Waals surface area contributed by atoms with Crippen LogP contribution < -0.4 is 13.8 Å². The average molecular weight is 588 g/mol. The first-order chi connectivity index (χ1) is 18.7. The number of likely N-dealkylation sites (tertiary alicyclic amines) is 1. The summed E-state index contributed by atoms with van der Waals surface area (Å²) < 4.78 is 70.9. The van der Waals surface area contributed by atoms with Crippen LogP contribution in [0.4, 0.5) is 18.9 Å². The summed E-state index contributed by atoms with van der Waals surface area (Å²) in [4.78, 5) is 26.6. The standard InChI is InChI=1S/C24H31N3O5S.C2HF3O2/c1-25-13-11-17(12-14-25)26(2)24(28)20-16-27(21-8-6-5-7-19(20)21)33(29,30)18-9-10-22(31-3)23(15-18)32-4;3-2(4,5)1(6)7/h5-10,15,17,20H,11-14,16H2,1-4H3;(H,6,7). The second-order valence-corrected chi connectivity index (χ2v) is 11.3. The highest BCUT2D eigenvalue weighted by Gasteiger charge is 2.42. The molecule has 0 bridgehead atoms. The Morgan fingerprint density at radius 2 is 1.60 bits per heavy atom. The minimum absolute atomic E-state index is 0.0398. The molecule has 2 aromatic carbocycles. The molecule has 40 heavy (non-hydrogen) atoms. The summed E-state index contributed by atoms with van der Waals surface area (Å²) >= 11 is 0. The molecule has 14 heteroatoms. The van der Waals surface area contributed by atoms with E-state index in [4.69, 9.17) is 19.4 Å². The number of aliphatic carboxylic acids is 1. The molecule has 1 atom stereocenters. The number of halogens is 3. The molecule has 0 radical (unpaired) electrons. The van der Waals surface area contributed by atoms with Gasteiger partial charge in [0.1, 0.15) is 0 Å². The summed E-state index contributed by atoms with van der Waals surface area (Å²) in [6, 6.07) is 11.9. The van der Waals surface area contributed by atoms with E-state index in [0.29, 0.717) is 17.2 Å². The van der Waals surface area contributed by atoms with Crippen molar-refractivity contribution in [1.29, 1.82) is 0 Å². The quantitative estimate of drug-likeness (QED) is 0.548. The Balaban J connectivity index is 0.000000559. The lowest BCUT2D eigenvalue weighted by atomic mass is 9.97. The summed E-state index contributed by atoms with van der Waals surface area (Å²) in [5.74, 6) is -2.55. The Morgan fingerprint density at radius 3 is 2.15 bits per heavy atom. The van der Waals surface area contributed by atoms with Gasteiger partial charge in [-0.05, 0) is 56.7 Å². The lowest BCUT2D eigenvalue weighted by molar-refractivity contribution is -0.192. The molecule has 0 aromatic heterocycles. The van der Waals surface area contributed by atoms with Crippen LogP contribution in [0.25, 0.3) is 0 Å². The number of amides is 1. The Labute approximate surface area is 230 Å². The molecule has 2 heterocycles. The van der Waals surface area contributed by atoms with Crippen molar-refractivity contribution in [2.75, 3.05) is 52.3 Å². The molecule has 2 aliphatic heterocycles. The zero-order valence-electron chi connectivity index (χ0n) is 22.5. The Bertz CT molecular complexity index is 1330. The smallest absolute Gasteiger partial charge is 0.490 e. The molecule has 1 N–H and O–H groups in total. The number of nitrogens with zero attached hydrogens (tertiary/aromatic N) is 3. The van der Waals surface area contributed by atoms with E-state index in [1.165, 1.54) is 30.7 Å². The van der Waals surface area contributed by atoms with E-state index >= 15 is 0 Å². The molecular weight excluding hydrogens is 555 g/mol. The van der Waals surface area contributed by atoms with Gasteiger partial charge in [0.2, 0.25) is 5.91 Å². The number of carboxylic acids is 1. The van der Waals surface area contributed by atoms with Crippen molar-refractivity contribution in [3.05, 3.63) is 48.0 Å². The van der Waals surface area contributed by atoms with E-state index in [-0.39, 0.29) is 23.4 Å². The predicted octanol–water partition coefficient (Wildman–Crippen LogP) is 3.18. The van der Waals surface area contributed by atoms with Gasteiger partial charge in [0.15, 0.2) is 11.5 Å². The number of benzene rings is 2. The van der Waals surface area contributed by atoms with Crippen LogP contribution in [-0.2, 0) is 19.6 Å². The fourth-order valence-electron chi connectivity index (χ4n) is 4.72. The number of sulfonamides is 1. The normalized spacial score (nSPS) is 17.9. The topological polar surface area (TPSA) is 117 Å². The second-order valence-electron chi connectivity index (χ2n) is 9.45. The predicted molar refractivity (Wildman–Crippen MR) is 140 cm³/mol. The number of hydrogen-bond acceptors (Lipinski definition) is 7. The van der Waals surface area contributed by atoms with Crippen LogP contribution in [-0.4, -0.2) is 95.4 Å². The molecule has 4 rings (SSSR count). The van der Waals surface area contributed by atoms with Crippen molar-refractivity contribution in [3.8, 4) is 11.5 Å². The van der Waals surface area contributed by atoms with Gasteiger partial charge in [-0.15, -0.1) is 0 Å². The number of ether oxygens (including phenoxy) is 2. The Morgan fingerprint density at radius 1 is 1.02 bits per heavy atom. The number of fused-ring (bicyclic) bond motifs is 1. The molecule has 1 fully saturated rings. The molecule has 0 saturated carbocycles. The fraction of sp³-hybridized carbons (Fsp3) is 0.462. The lowest BCUT2D eigenvalue weighted by Gasteiger charge is -2.36. The summed E-state index contributed by atoms with van der Waals surface area (Å²) in [6.45, 7) is 1.97. The number of hydrogen-bond donors (Lipinski definition) is 1. The summed E-state index contributed by atoms with van der Waals surface area (Å²) in [6.07, 6.45) is -3.25. The Hall–Kier alpha value is -3.52. The monoisotopic (exact) mass is 587 g/mol. The van der Waals surface area contributed by atoms with E-state index in [1.54, 1.807) is 18.2 Å². The van der Waals surface area contributed by atoms with Gasteiger partial charge < -0.3 is 24.4 Å². The first kappa shape index (κ1) is 31.0. The number of carbonyl (C=O) groups excluding carboxylic acids is 1. The van der Waals surface area contributed by atoms with Crippen LogP contribution in [0.5, 0.6) is 11.5 Å². The third kappa shape index (κ3) is 6.61. The third-order valence-corrected chi connectivity index (χ3v) is 8.77. The molecule has 0 aliphatic carbocycles. The minimum atomic E-state index is -5.08. The number of carbonyl (C=O) groups is 2. The number of likely N-dealkylation sites (N-methyl/N-ethyl adjacent to an activating group) is 1. The van der Waals surface area contributed by atoms with Crippen molar-refractivity contribution in [3.63, 3.8) is 0 Å². The van der Waals surface area contributed by atoms with Crippen molar-refractivity contribution in [2.45, 2.75) is 35.9 Å². The van der Waals surface area contributed by atoms with Gasteiger partial charge in [-0.1, -0.05) is 18.2 Å². The van der Waals surface area contributed by atoms with Crippen molar-refractivity contribution >= 4 is 27.6 Å². The third-order valence-electron chi connectivity index (χ3n) is 7.00. The molecule has 10 nitrogen and oxygen atoms in total. The number of alkyl halides is 3.